The van der Waals surface area contributed by atoms with Crippen molar-refractivity contribution < 1.29 is 9.53 Å². The van der Waals surface area contributed by atoms with Gasteiger partial charge in [-0.15, -0.1) is 0 Å². The molecule has 0 N–H and O–H groups in total. The summed E-state index contributed by atoms with van der Waals surface area (Å²) in [5.74, 6) is 1.12. The maximum absolute atomic E-state index is 12.2. The van der Waals surface area contributed by atoms with Gasteiger partial charge >= 0.3 is 0 Å². The van der Waals surface area contributed by atoms with Crippen LogP contribution in [0.25, 0.3) is 0 Å². The fourth-order valence-electron chi connectivity index (χ4n) is 4.42. The van der Waals surface area contributed by atoms with Crippen LogP contribution in [0.5, 0.6) is 5.75 Å². The van der Waals surface area contributed by atoms with Crippen LogP contribution in [0.4, 0.5) is 0 Å². The lowest BCUT2D eigenvalue weighted by Gasteiger charge is -2.47. The molecule has 1 spiro atoms. The summed E-state index contributed by atoms with van der Waals surface area (Å²) in [7, 11) is 1.64. The van der Waals surface area contributed by atoms with Gasteiger partial charge in [-0.2, -0.15) is 0 Å². The van der Waals surface area contributed by atoms with E-state index in [1.165, 1.54) is 31.2 Å². The molecule has 2 heterocycles. The summed E-state index contributed by atoms with van der Waals surface area (Å²) >= 11 is 6.25. The zero-order valence-electron chi connectivity index (χ0n) is 15.0. The minimum absolute atomic E-state index is 0.366. The van der Waals surface area contributed by atoms with E-state index in [1.807, 2.05) is 12.1 Å². The highest BCUT2D eigenvalue weighted by Gasteiger charge is 2.44. The molecule has 1 aliphatic carbocycles. The van der Waals surface area contributed by atoms with E-state index in [4.69, 9.17) is 16.3 Å². The van der Waals surface area contributed by atoms with E-state index in [-0.39, 0.29) is 0 Å². The molecule has 2 saturated heterocycles. The zero-order chi connectivity index (χ0) is 17.4. The Morgan fingerprint density at radius 3 is 2.64 bits per heavy atom. The van der Waals surface area contributed by atoms with Crippen LogP contribution >= 0.6 is 11.6 Å². The highest BCUT2D eigenvalue weighted by Crippen LogP contribution is 2.43. The third kappa shape index (κ3) is 3.65. The number of rotatable bonds is 4. The van der Waals surface area contributed by atoms with Gasteiger partial charge < -0.3 is 9.64 Å². The number of nitrogens with zero attached hydrogens (tertiary/aromatic N) is 2. The molecule has 0 bridgehead atoms. The summed E-state index contributed by atoms with van der Waals surface area (Å²) in [6.45, 7) is 4.15. The molecule has 3 aliphatic rings. The molecule has 25 heavy (non-hydrogen) atoms. The first kappa shape index (κ1) is 17.2. The van der Waals surface area contributed by atoms with E-state index in [0.29, 0.717) is 22.4 Å². The Morgan fingerprint density at radius 1 is 1.24 bits per heavy atom. The van der Waals surface area contributed by atoms with Gasteiger partial charge in [-0.1, -0.05) is 17.7 Å². The molecule has 5 heteroatoms. The van der Waals surface area contributed by atoms with Crippen molar-refractivity contribution >= 4 is 17.5 Å². The van der Waals surface area contributed by atoms with Crippen molar-refractivity contribution in [2.45, 2.75) is 51.1 Å². The molecule has 1 aromatic carbocycles. The molecule has 4 nitrogen and oxygen atoms in total. The Hall–Kier alpha value is -1.26. The summed E-state index contributed by atoms with van der Waals surface area (Å²) in [5.41, 5.74) is 1.60. The van der Waals surface area contributed by atoms with Gasteiger partial charge in [0.05, 0.1) is 12.1 Å². The van der Waals surface area contributed by atoms with Gasteiger partial charge in [0.15, 0.2) is 0 Å². The SMILES string of the molecule is COc1ccc(CN2CCC3(CCC(=O)N(C4CC4)C3)CC2)cc1Cl. The summed E-state index contributed by atoms with van der Waals surface area (Å²) in [5, 5.41) is 0.680. The first-order valence-electron chi connectivity index (χ1n) is 9.43. The van der Waals surface area contributed by atoms with Crippen LogP contribution in [0.3, 0.4) is 0 Å². The Balaban J connectivity index is 1.35. The minimum atomic E-state index is 0.366. The van der Waals surface area contributed by atoms with Crippen molar-refractivity contribution in [3.63, 3.8) is 0 Å². The zero-order valence-corrected chi connectivity index (χ0v) is 15.7. The lowest BCUT2D eigenvalue weighted by Crippen LogP contribution is -2.52. The van der Waals surface area contributed by atoms with E-state index in [9.17, 15) is 4.79 Å². The molecule has 136 valence electrons. The number of amides is 1. The number of likely N-dealkylation sites (tertiary alicyclic amines) is 2. The number of halogens is 1. The molecular formula is C20H27ClN2O2. The van der Waals surface area contributed by atoms with Gasteiger partial charge in [0.1, 0.15) is 5.75 Å². The maximum Gasteiger partial charge on any atom is 0.222 e. The van der Waals surface area contributed by atoms with Crippen LogP contribution in [-0.2, 0) is 11.3 Å². The molecule has 0 unspecified atom stereocenters. The van der Waals surface area contributed by atoms with Gasteiger partial charge in [-0.25, -0.2) is 0 Å². The number of piperidine rings is 2. The number of carbonyl (C=O) groups excluding carboxylic acids is 1. The molecule has 3 fully saturated rings. The van der Waals surface area contributed by atoms with E-state index < -0.39 is 0 Å². The van der Waals surface area contributed by atoms with E-state index in [0.717, 1.165) is 44.8 Å². The van der Waals surface area contributed by atoms with Crippen molar-refractivity contribution in [1.29, 1.82) is 0 Å². The van der Waals surface area contributed by atoms with Gasteiger partial charge in [0.2, 0.25) is 5.91 Å². The monoisotopic (exact) mass is 362 g/mol. The topological polar surface area (TPSA) is 32.8 Å². The second kappa shape index (κ2) is 6.81. The Morgan fingerprint density at radius 2 is 2.00 bits per heavy atom. The van der Waals surface area contributed by atoms with E-state index in [1.54, 1.807) is 7.11 Å². The third-order valence-corrected chi connectivity index (χ3v) is 6.52. The second-order valence-electron chi connectivity index (χ2n) is 8.00. The van der Waals surface area contributed by atoms with Gasteiger partial charge in [0.25, 0.3) is 0 Å². The Bertz CT molecular complexity index is 651. The number of carbonyl (C=O) groups is 1. The molecule has 0 atom stereocenters. The van der Waals surface area contributed by atoms with Crippen molar-refractivity contribution in [2.24, 2.45) is 5.41 Å². The smallest absolute Gasteiger partial charge is 0.222 e. The van der Waals surface area contributed by atoms with Crippen LogP contribution in [0.1, 0.15) is 44.1 Å². The molecular weight excluding hydrogens is 336 g/mol. The highest BCUT2D eigenvalue weighted by molar-refractivity contribution is 6.32. The molecule has 0 radical (unpaired) electrons. The Kier molecular flexibility index (Phi) is 4.67. The lowest BCUT2D eigenvalue weighted by atomic mass is 9.72. The van der Waals surface area contributed by atoms with Crippen molar-refractivity contribution in [3.8, 4) is 5.75 Å². The van der Waals surface area contributed by atoms with Gasteiger partial charge in [-0.3, -0.25) is 9.69 Å². The number of hydrogen-bond donors (Lipinski definition) is 0. The summed E-state index contributed by atoms with van der Waals surface area (Å²) in [6.07, 6.45) is 6.67. The van der Waals surface area contributed by atoms with Crippen molar-refractivity contribution in [2.75, 3.05) is 26.7 Å². The molecule has 0 aromatic heterocycles. The Labute approximate surface area is 155 Å². The number of methoxy groups -OCH3 is 1. The molecule has 1 aromatic rings. The van der Waals surface area contributed by atoms with Crippen LogP contribution < -0.4 is 4.74 Å². The van der Waals surface area contributed by atoms with Gasteiger partial charge in [0, 0.05) is 25.6 Å². The van der Waals surface area contributed by atoms with Crippen molar-refractivity contribution in [1.82, 2.24) is 9.80 Å². The fraction of sp³-hybridized carbons (Fsp3) is 0.650. The number of ether oxygens (including phenoxy) is 1. The summed E-state index contributed by atoms with van der Waals surface area (Å²) in [4.78, 5) is 16.9. The average molecular weight is 363 g/mol. The van der Waals surface area contributed by atoms with Crippen LogP contribution in [0.2, 0.25) is 5.02 Å². The standard InChI is InChI=1S/C20H27ClN2O2/c1-25-18-5-2-15(12-17(18)21)13-22-10-8-20(9-11-22)7-6-19(24)23(14-20)16-3-4-16/h2,5,12,16H,3-4,6-11,13-14H2,1H3. The van der Waals surface area contributed by atoms with Crippen LogP contribution in [0, 0.1) is 5.41 Å². The lowest BCUT2D eigenvalue weighted by molar-refractivity contribution is -0.139. The van der Waals surface area contributed by atoms with E-state index in [2.05, 4.69) is 15.9 Å². The quantitative estimate of drug-likeness (QED) is 0.818. The average Bonchev–Trinajstić information content (AvgIpc) is 3.45. The first-order chi connectivity index (χ1) is 12.1. The van der Waals surface area contributed by atoms with Gasteiger partial charge in [-0.05, 0) is 68.3 Å². The predicted molar refractivity (Wildman–Crippen MR) is 98.9 cm³/mol. The van der Waals surface area contributed by atoms with Crippen LogP contribution in [0.15, 0.2) is 18.2 Å². The molecule has 1 amide bonds. The largest absolute Gasteiger partial charge is 0.495 e. The summed E-state index contributed by atoms with van der Waals surface area (Å²) in [6, 6.07) is 6.62. The predicted octanol–water partition coefficient (Wildman–Crippen LogP) is 3.72. The minimum Gasteiger partial charge on any atom is -0.495 e. The summed E-state index contributed by atoms with van der Waals surface area (Å²) < 4.78 is 5.23. The second-order valence-corrected chi connectivity index (χ2v) is 8.41. The number of hydrogen-bond acceptors (Lipinski definition) is 3. The van der Waals surface area contributed by atoms with E-state index >= 15 is 0 Å². The highest BCUT2D eigenvalue weighted by atomic mass is 35.5. The molecule has 1 saturated carbocycles. The first-order valence-corrected chi connectivity index (χ1v) is 9.81. The fourth-order valence-corrected chi connectivity index (χ4v) is 4.70. The molecule has 2 aliphatic heterocycles. The number of benzene rings is 1. The maximum atomic E-state index is 12.2. The molecule has 4 rings (SSSR count). The third-order valence-electron chi connectivity index (χ3n) is 6.22. The van der Waals surface area contributed by atoms with Crippen LogP contribution in [-0.4, -0.2) is 48.5 Å². The van der Waals surface area contributed by atoms with Crippen molar-refractivity contribution in [3.05, 3.63) is 28.8 Å². The normalized spacial score (nSPS) is 23.9.